The van der Waals surface area contributed by atoms with Crippen molar-refractivity contribution in [2.45, 2.75) is 12.4 Å². The van der Waals surface area contributed by atoms with Crippen LogP contribution < -0.4 is 4.90 Å². The van der Waals surface area contributed by atoms with Crippen LogP contribution in [0.5, 0.6) is 0 Å². The van der Waals surface area contributed by atoms with Gasteiger partial charge in [0, 0.05) is 35.2 Å². The molecular weight excluding hydrogens is 301 g/mol. The Morgan fingerprint density at radius 2 is 1.74 bits per heavy atom. The van der Waals surface area contributed by atoms with Gasteiger partial charge in [0.05, 0.1) is 0 Å². The van der Waals surface area contributed by atoms with Crippen molar-refractivity contribution >= 4 is 40.5 Å². The van der Waals surface area contributed by atoms with Gasteiger partial charge < -0.3 is 4.90 Å². The first-order valence-electron chi connectivity index (χ1n) is 5.90. The van der Waals surface area contributed by atoms with Gasteiger partial charge in [0.25, 0.3) is 0 Å². The molecule has 2 aromatic carbocycles. The first kappa shape index (κ1) is 14.5. The Balaban J connectivity index is 2.22. The molecule has 2 rings (SSSR count). The van der Waals surface area contributed by atoms with Gasteiger partial charge in [-0.25, -0.2) is 0 Å². The van der Waals surface area contributed by atoms with Gasteiger partial charge in [-0.2, -0.15) is 0 Å². The van der Waals surface area contributed by atoms with E-state index < -0.39 is 0 Å². The number of benzene rings is 2. The maximum atomic E-state index is 6.00. The molecule has 0 saturated carbocycles. The average molecular weight is 315 g/mol. The summed E-state index contributed by atoms with van der Waals surface area (Å²) >= 11 is 18.0. The highest BCUT2D eigenvalue weighted by molar-refractivity contribution is 6.31. The highest BCUT2D eigenvalue weighted by Gasteiger charge is 2.08. The lowest BCUT2D eigenvalue weighted by Gasteiger charge is -2.22. The number of rotatable bonds is 4. The lowest BCUT2D eigenvalue weighted by atomic mass is 10.1. The van der Waals surface area contributed by atoms with Crippen LogP contribution in [0.1, 0.15) is 11.1 Å². The SMILES string of the molecule is CN(Cc1cccc(Cl)c1)c1ccc(Cl)cc1CCl. The monoisotopic (exact) mass is 313 g/mol. The second-order valence-electron chi connectivity index (χ2n) is 4.39. The number of anilines is 1. The van der Waals surface area contributed by atoms with Crippen LogP contribution in [0.25, 0.3) is 0 Å². The molecule has 19 heavy (non-hydrogen) atoms. The number of hydrogen-bond acceptors (Lipinski definition) is 1. The minimum atomic E-state index is 0.440. The van der Waals surface area contributed by atoms with E-state index in [2.05, 4.69) is 11.0 Å². The highest BCUT2D eigenvalue weighted by atomic mass is 35.5. The van der Waals surface area contributed by atoms with Crippen LogP contribution in [0.3, 0.4) is 0 Å². The summed E-state index contributed by atoms with van der Waals surface area (Å²) in [7, 11) is 2.03. The van der Waals surface area contributed by atoms with Gasteiger partial charge in [-0.15, -0.1) is 11.6 Å². The number of hydrogen-bond donors (Lipinski definition) is 0. The van der Waals surface area contributed by atoms with Gasteiger partial charge in [-0.05, 0) is 41.5 Å². The summed E-state index contributed by atoms with van der Waals surface area (Å²) < 4.78 is 0. The lowest BCUT2D eigenvalue weighted by molar-refractivity contribution is 0.916. The van der Waals surface area contributed by atoms with Crippen LogP contribution in [-0.4, -0.2) is 7.05 Å². The van der Waals surface area contributed by atoms with Crippen LogP contribution in [0.15, 0.2) is 42.5 Å². The first-order chi connectivity index (χ1) is 9.10. The van der Waals surface area contributed by atoms with Crippen molar-refractivity contribution in [3.63, 3.8) is 0 Å². The zero-order valence-corrected chi connectivity index (χ0v) is 12.8. The Morgan fingerprint density at radius 3 is 2.42 bits per heavy atom. The molecule has 100 valence electrons. The Hall–Kier alpha value is -0.890. The third-order valence-corrected chi connectivity index (χ3v) is 3.66. The molecule has 4 heteroatoms. The molecule has 0 N–H and O–H groups in total. The first-order valence-corrected chi connectivity index (χ1v) is 7.19. The Labute approximate surface area is 128 Å². The predicted octanol–water partition coefficient (Wildman–Crippen LogP) is 5.37. The summed E-state index contributed by atoms with van der Waals surface area (Å²) in [5.74, 6) is 0.440. The molecular formula is C15H14Cl3N. The molecule has 0 radical (unpaired) electrons. The van der Waals surface area contributed by atoms with E-state index in [1.165, 1.54) is 0 Å². The zero-order valence-electron chi connectivity index (χ0n) is 10.5. The quantitative estimate of drug-likeness (QED) is 0.686. The molecule has 0 atom stereocenters. The summed E-state index contributed by atoms with van der Waals surface area (Å²) in [4.78, 5) is 2.14. The van der Waals surface area contributed by atoms with E-state index in [4.69, 9.17) is 34.8 Å². The van der Waals surface area contributed by atoms with Gasteiger partial charge in [0.2, 0.25) is 0 Å². The second-order valence-corrected chi connectivity index (χ2v) is 5.53. The molecule has 0 amide bonds. The smallest absolute Gasteiger partial charge is 0.0495 e. The van der Waals surface area contributed by atoms with Crippen LogP contribution in [0.2, 0.25) is 10.0 Å². The summed E-state index contributed by atoms with van der Waals surface area (Å²) in [6.07, 6.45) is 0. The maximum Gasteiger partial charge on any atom is 0.0495 e. The fraction of sp³-hybridized carbons (Fsp3) is 0.200. The number of nitrogens with zero attached hydrogens (tertiary/aromatic N) is 1. The van der Waals surface area contributed by atoms with E-state index in [1.807, 2.05) is 43.4 Å². The topological polar surface area (TPSA) is 3.24 Å². The van der Waals surface area contributed by atoms with Crippen molar-refractivity contribution in [1.29, 1.82) is 0 Å². The van der Waals surface area contributed by atoms with E-state index in [9.17, 15) is 0 Å². The molecule has 1 nitrogen and oxygen atoms in total. The predicted molar refractivity (Wildman–Crippen MR) is 84.6 cm³/mol. The van der Waals surface area contributed by atoms with Crippen LogP contribution >= 0.6 is 34.8 Å². The molecule has 0 saturated heterocycles. The van der Waals surface area contributed by atoms with Crippen molar-refractivity contribution in [3.8, 4) is 0 Å². The van der Waals surface area contributed by atoms with Crippen LogP contribution in [0, 0.1) is 0 Å². The fourth-order valence-electron chi connectivity index (χ4n) is 2.03. The standard InChI is InChI=1S/C15H14Cl3N/c1-19(10-11-3-2-4-13(17)7-11)15-6-5-14(18)8-12(15)9-16/h2-8H,9-10H2,1H3. The fourth-order valence-corrected chi connectivity index (χ4v) is 2.65. The Morgan fingerprint density at radius 1 is 1.00 bits per heavy atom. The molecule has 0 unspecified atom stereocenters. The molecule has 0 spiro atoms. The lowest BCUT2D eigenvalue weighted by Crippen LogP contribution is -2.17. The average Bonchev–Trinajstić information content (AvgIpc) is 2.38. The molecule has 0 fully saturated rings. The van der Waals surface area contributed by atoms with Gasteiger partial charge in [-0.1, -0.05) is 35.3 Å². The summed E-state index contributed by atoms with van der Waals surface area (Å²) in [5.41, 5.74) is 3.27. The van der Waals surface area contributed by atoms with Crippen molar-refractivity contribution in [1.82, 2.24) is 0 Å². The number of halogens is 3. The minimum absolute atomic E-state index is 0.440. The van der Waals surface area contributed by atoms with E-state index in [0.717, 1.165) is 28.4 Å². The highest BCUT2D eigenvalue weighted by Crippen LogP contribution is 2.26. The Bertz CT molecular complexity index is 569. The van der Waals surface area contributed by atoms with Crippen molar-refractivity contribution in [2.24, 2.45) is 0 Å². The third kappa shape index (κ3) is 3.79. The largest absolute Gasteiger partial charge is 0.370 e. The van der Waals surface area contributed by atoms with E-state index >= 15 is 0 Å². The molecule has 0 aliphatic carbocycles. The van der Waals surface area contributed by atoms with Gasteiger partial charge in [0.15, 0.2) is 0 Å². The third-order valence-electron chi connectivity index (χ3n) is 2.91. The van der Waals surface area contributed by atoms with Gasteiger partial charge in [0.1, 0.15) is 0 Å². The molecule has 0 bridgehead atoms. The van der Waals surface area contributed by atoms with E-state index in [1.54, 1.807) is 0 Å². The maximum absolute atomic E-state index is 6.00. The van der Waals surface area contributed by atoms with Crippen molar-refractivity contribution in [3.05, 3.63) is 63.6 Å². The molecule has 0 aliphatic rings. The molecule has 0 aliphatic heterocycles. The zero-order chi connectivity index (χ0) is 13.8. The molecule has 2 aromatic rings. The van der Waals surface area contributed by atoms with Crippen LogP contribution in [-0.2, 0) is 12.4 Å². The summed E-state index contributed by atoms with van der Waals surface area (Å²) in [6.45, 7) is 0.770. The molecule has 0 heterocycles. The minimum Gasteiger partial charge on any atom is -0.370 e. The van der Waals surface area contributed by atoms with Crippen molar-refractivity contribution < 1.29 is 0 Å². The normalized spacial score (nSPS) is 10.5. The van der Waals surface area contributed by atoms with Gasteiger partial charge in [-0.3, -0.25) is 0 Å². The summed E-state index contributed by atoms with van der Waals surface area (Å²) in [6, 6.07) is 13.6. The number of alkyl halides is 1. The summed E-state index contributed by atoms with van der Waals surface area (Å²) in [5, 5.41) is 1.45. The Kier molecular flexibility index (Phi) is 4.98. The van der Waals surface area contributed by atoms with Gasteiger partial charge >= 0.3 is 0 Å². The molecule has 0 aromatic heterocycles. The van der Waals surface area contributed by atoms with Crippen LogP contribution in [0.4, 0.5) is 5.69 Å². The van der Waals surface area contributed by atoms with E-state index in [0.29, 0.717) is 10.9 Å². The van der Waals surface area contributed by atoms with Crippen molar-refractivity contribution in [2.75, 3.05) is 11.9 Å². The van der Waals surface area contributed by atoms with E-state index in [-0.39, 0.29) is 0 Å². The second kappa shape index (κ2) is 6.51.